The molecule has 0 aliphatic heterocycles. The van der Waals surface area contributed by atoms with E-state index in [-0.39, 0.29) is 6.61 Å². The molecule has 0 fully saturated rings. The van der Waals surface area contributed by atoms with Crippen LogP contribution in [-0.4, -0.2) is 45.1 Å². The summed E-state index contributed by atoms with van der Waals surface area (Å²) in [6.45, 7) is 1.33. The van der Waals surface area contributed by atoms with E-state index in [4.69, 9.17) is 4.55 Å². The molecule has 6 heteroatoms. The highest BCUT2D eigenvalue weighted by molar-refractivity contribution is 7.80. The van der Waals surface area contributed by atoms with Gasteiger partial charge in [0.15, 0.2) is 0 Å². The van der Waals surface area contributed by atoms with Crippen molar-refractivity contribution in [2.75, 3.05) is 27.2 Å². The highest BCUT2D eigenvalue weighted by atomic mass is 32.3. The second kappa shape index (κ2) is 21.1. The van der Waals surface area contributed by atoms with Crippen LogP contribution in [0.2, 0.25) is 0 Å². The van der Waals surface area contributed by atoms with Crippen LogP contribution in [-0.2, 0) is 14.6 Å². The molecule has 0 atom stereocenters. The van der Waals surface area contributed by atoms with Gasteiger partial charge < -0.3 is 4.90 Å². The predicted molar refractivity (Wildman–Crippen MR) is 124 cm³/mol. The molecule has 0 amide bonds. The zero-order valence-electron chi connectivity index (χ0n) is 19.4. The predicted octanol–water partition coefficient (Wildman–Crippen LogP) is 6.78. The van der Waals surface area contributed by atoms with Gasteiger partial charge in [0.25, 0.3) is 0 Å². The third-order valence-corrected chi connectivity index (χ3v) is 5.95. The fourth-order valence-electron chi connectivity index (χ4n) is 3.70. The van der Waals surface area contributed by atoms with Gasteiger partial charge in [0.05, 0.1) is 6.61 Å². The van der Waals surface area contributed by atoms with Gasteiger partial charge in [0, 0.05) is 0 Å². The molecule has 0 spiro atoms. The molecule has 0 aliphatic rings. The first kappa shape index (κ1) is 28.8. The Morgan fingerprint density at radius 1 is 0.552 bits per heavy atom. The molecule has 0 aromatic rings. The topological polar surface area (TPSA) is 66.8 Å². The van der Waals surface area contributed by atoms with Crippen LogP contribution in [0.15, 0.2) is 0 Å². The summed E-state index contributed by atoms with van der Waals surface area (Å²) in [4.78, 5) is 2.28. The van der Waals surface area contributed by atoms with E-state index in [9.17, 15) is 8.42 Å². The Hall–Kier alpha value is -0.170. The number of rotatable bonds is 23. The van der Waals surface area contributed by atoms with E-state index in [1.165, 1.54) is 109 Å². The molecule has 0 heterocycles. The third-order valence-electron chi connectivity index (χ3n) is 5.48. The number of nitrogens with zero attached hydrogens (tertiary/aromatic N) is 1. The molecule has 0 unspecified atom stereocenters. The Bertz CT molecular complexity index is 427. The van der Waals surface area contributed by atoms with Crippen molar-refractivity contribution in [1.82, 2.24) is 4.90 Å². The summed E-state index contributed by atoms with van der Waals surface area (Å²) in [6, 6.07) is 0. The Morgan fingerprint density at radius 3 is 1.10 bits per heavy atom. The van der Waals surface area contributed by atoms with Crippen LogP contribution in [0.4, 0.5) is 0 Å². The Labute approximate surface area is 181 Å². The average molecular weight is 436 g/mol. The summed E-state index contributed by atoms with van der Waals surface area (Å²) < 4.78 is 33.5. The monoisotopic (exact) mass is 435 g/mol. The van der Waals surface area contributed by atoms with Crippen molar-refractivity contribution in [1.29, 1.82) is 0 Å². The van der Waals surface area contributed by atoms with Crippen LogP contribution in [0.5, 0.6) is 0 Å². The van der Waals surface area contributed by atoms with Crippen molar-refractivity contribution < 1.29 is 17.2 Å². The van der Waals surface area contributed by atoms with Crippen molar-refractivity contribution >= 4 is 10.4 Å². The lowest BCUT2D eigenvalue weighted by atomic mass is 10.0. The quantitative estimate of drug-likeness (QED) is 0.141. The van der Waals surface area contributed by atoms with E-state index >= 15 is 0 Å². The van der Waals surface area contributed by atoms with Gasteiger partial charge in [0.2, 0.25) is 0 Å². The summed E-state index contributed by atoms with van der Waals surface area (Å²) in [5, 5.41) is 0. The van der Waals surface area contributed by atoms with Crippen molar-refractivity contribution in [2.24, 2.45) is 0 Å². The first-order valence-corrected chi connectivity index (χ1v) is 13.5. The Balaban J connectivity index is 3.05. The van der Waals surface area contributed by atoms with Crippen LogP contribution in [0.3, 0.4) is 0 Å². The maximum atomic E-state index is 10.4. The lowest BCUT2D eigenvalue weighted by Gasteiger charge is -2.08. The maximum absolute atomic E-state index is 10.4. The van der Waals surface area contributed by atoms with E-state index in [0.29, 0.717) is 6.42 Å². The van der Waals surface area contributed by atoms with Crippen molar-refractivity contribution in [2.45, 2.75) is 122 Å². The van der Waals surface area contributed by atoms with Crippen molar-refractivity contribution in [3.05, 3.63) is 0 Å². The molecule has 0 bridgehead atoms. The van der Waals surface area contributed by atoms with E-state index in [1.807, 2.05) is 0 Å². The summed E-state index contributed by atoms with van der Waals surface area (Å²) in [5.41, 5.74) is 0. The van der Waals surface area contributed by atoms with Gasteiger partial charge in [-0.3, -0.25) is 4.55 Å². The van der Waals surface area contributed by atoms with Crippen LogP contribution in [0.25, 0.3) is 0 Å². The fourth-order valence-corrected chi connectivity index (χ4v) is 4.03. The molecule has 0 aromatic carbocycles. The standard InChI is InChI=1S/C23H49NO4S/c1-24(2)22-20-18-16-14-12-10-8-6-4-3-5-7-9-11-13-15-17-19-21-23-28-29(25,26)27/h3-23H2,1-2H3,(H,25,26,27). The number of hydrogen-bond acceptors (Lipinski definition) is 4. The molecule has 176 valence electrons. The lowest BCUT2D eigenvalue weighted by molar-refractivity contribution is 0.261. The van der Waals surface area contributed by atoms with E-state index < -0.39 is 10.4 Å². The van der Waals surface area contributed by atoms with Crippen LogP contribution < -0.4 is 0 Å². The molecule has 1 N–H and O–H groups in total. The lowest BCUT2D eigenvalue weighted by Crippen LogP contribution is -2.12. The highest BCUT2D eigenvalue weighted by Gasteiger charge is 2.02. The highest BCUT2D eigenvalue weighted by Crippen LogP contribution is 2.14. The van der Waals surface area contributed by atoms with Gasteiger partial charge in [0.1, 0.15) is 0 Å². The zero-order valence-corrected chi connectivity index (χ0v) is 20.2. The van der Waals surface area contributed by atoms with E-state index in [0.717, 1.165) is 12.8 Å². The van der Waals surface area contributed by atoms with E-state index in [1.54, 1.807) is 0 Å². The second-order valence-electron chi connectivity index (χ2n) is 8.77. The van der Waals surface area contributed by atoms with Crippen LogP contribution in [0.1, 0.15) is 122 Å². The van der Waals surface area contributed by atoms with Gasteiger partial charge in [-0.15, -0.1) is 0 Å². The molecule has 0 aromatic heterocycles. The summed E-state index contributed by atoms with van der Waals surface area (Å²) in [7, 11) is 0.0567. The molecule has 5 nitrogen and oxygen atoms in total. The number of unbranched alkanes of at least 4 members (excludes halogenated alkanes) is 18. The smallest absolute Gasteiger partial charge is 0.309 e. The summed E-state index contributed by atoms with van der Waals surface area (Å²) >= 11 is 0. The minimum Gasteiger partial charge on any atom is -0.309 e. The zero-order chi connectivity index (χ0) is 21.6. The average Bonchev–Trinajstić information content (AvgIpc) is 2.64. The first-order valence-electron chi connectivity index (χ1n) is 12.2. The minimum absolute atomic E-state index is 0.0931. The Morgan fingerprint density at radius 2 is 0.828 bits per heavy atom. The van der Waals surface area contributed by atoms with Crippen molar-refractivity contribution in [3.8, 4) is 0 Å². The third kappa shape index (κ3) is 27.8. The molecular weight excluding hydrogens is 386 g/mol. The largest absolute Gasteiger partial charge is 0.397 e. The summed E-state index contributed by atoms with van der Waals surface area (Å²) in [5.74, 6) is 0. The molecular formula is C23H49NO4S. The SMILES string of the molecule is CN(C)CCCCCCCCCCCCCCCCCCCCCOS(=O)(=O)O. The normalized spacial score (nSPS) is 12.1. The second-order valence-corrected chi connectivity index (χ2v) is 9.86. The maximum Gasteiger partial charge on any atom is 0.397 e. The molecule has 29 heavy (non-hydrogen) atoms. The molecule has 0 saturated heterocycles. The Kier molecular flexibility index (Phi) is 21.0. The van der Waals surface area contributed by atoms with Gasteiger partial charge >= 0.3 is 10.4 Å². The van der Waals surface area contributed by atoms with Crippen molar-refractivity contribution in [3.63, 3.8) is 0 Å². The van der Waals surface area contributed by atoms with Gasteiger partial charge in [-0.1, -0.05) is 109 Å². The van der Waals surface area contributed by atoms with Crippen LogP contribution >= 0.6 is 0 Å². The fraction of sp³-hybridized carbons (Fsp3) is 1.00. The van der Waals surface area contributed by atoms with E-state index in [2.05, 4.69) is 23.2 Å². The minimum atomic E-state index is -4.25. The molecule has 0 radical (unpaired) electrons. The first-order chi connectivity index (χ1) is 13.9. The molecule has 0 saturated carbocycles. The summed E-state index contributed by atoms with van der Waals surface area (Å²) in [6.07, 6.45) is 24.8. The molecule has 0 aliphatic carbocycles. The molecule has 0 rings (SSSR count). The van der Waals surface area contributed by atoms with Crippen LogP contribution in [0, 0.1) is 0 Å². The number of hydrogen-bond donors (Lipinski definition) is 1. The van der Waals surface area contributed by atoms with Gasteiger partial charge in [-0.05, 0) is 33.5 Å². The van der Waals surface area contributed by atoms with Gasteiger partial charge in [-0.25, -0.2) is 4.18 Å². The van der Waals surface area contributed by atoms with Gasteiger partial charge in [-0.2, -0.15) is 8.42 Å².